The smallest absolute Gasteiger partial charge is 0.235 e. The van der Waals surface area contributed by atoms with Gasteiger partial charge in [-0.05, 0) is 48.1 Å². The molecule has 0 aliphatic heterocycles. The van der Waals surface area contributed by atoms with Crippen molar-refractivity contribution in [2.24, 2.45) is 29.4 Å². The predicted octanol–water partition coefficient (Wildman–Crippen LogP) is 0.765. The van der Waals surface area contributed by atoms with Gasteiger partial charge in [-0.1, -0.05) is 12.1 Å². The number of anilines is 1. The average molecular weight is 507 g/mol. The van der Waals surface area contributed by atoms with E-state index in [9.17, 15) is 39.3 Å². The first-order valence-corrected chi connectivity index (χ1v) is 11.9. The maximum Gasteiger partial charge on any atom is 0.235 e. The van der Waals surface area contributed by atoms with Crippen molar-refractivity contribution in [1.29, 1.82) is 0 Å². The number of ketones is 4. The van der Waals surface area contributed by atoms with Crippen molar-refractivity contribution in [1.82, 2.24) is 0 Å². The molecule has 0 aromatic heterocycles. The summed E-state index contributed by atoms with van der Waals surface area (Å²) >= 11 is 0. The lowest BCUT2D eigenvalue weighted by molar-refractivity contribution is -0.175. The van der Waals surface area contributed by atoms with Crippen LogP contribution in [0.25, 0.3) is 11.1 Å². The van der Waals surface area contributed by atoms with Crippen LogP contribution in [0.3, 0.4) is 0 Å². The van der Waals surface area contributed by atoms with Crippen molar-refractivity contribution in [3.05, 3.63) is 41.5 Å². The highest BCUT2D eigenvalue weighted by atomic mass is 16.3. The standard InChI is InChI=1S/C27H26N2O8/c1-29(2)17-10-15(11-3-5-14(30)6-4-11)22(32)20-16(17)8-12-7-13-9-18(31)21(26(28)36)25(35)27(13,37)24(34)19(12)23(20)33/h3-6,10,12-13,19,21,30,32,37H,7-9H2,1-2H3,(H2,28,36)/t12-,13+,19?,21?,27+/m1/s1. The van der Waals surface area contributed by atoms with Gasteiger partial charge in [-0.2, -0.15) is 0 Å². The van der Waals surface area contributed by atoms with Gasteiger partial charge in [-0.3, -0.25) is 24.0 Å². The molecule has 3 aliphatic carbocycles. The van der Waals surface area contributed by atoms with Crippen molar-refractivity contribution in [2.45, 2.75) is 24.9 Å². The van der Waals surface area contributed by atoms with E-state index in [1.54, 1.807) is 37.2 Å². The Labute approximate surface area is 211 Å². The number of rotatable bonds is 3. The highest BCUT2D eigenvalue weighted by Crippen LogP contribution is 2.52. The second kappa shape index (κ2) is 8.24. The maximum absolute atomic E-state index is 13.9. The Balaban J connectivity index is 1.65. The zero-order valence-corrected chi connectivity index (χ0v) is 20.2. The van der Waals surface area contributed by atoms with Crippen molar-refractivity contribution in [3.63, 3.8) is 0 Å². The predicted molar refractivity (Wildman–Crippen MR) is 130 cm³/mol. The van der Waals surface area contributed by atoms with Gasteiger partial charge in [0.2, 0.25) is 5.91 Å². The van der Waals surface area contributed by atoms with Crippen LogP contribution in [-0.2, 0) is 25.6 Å². The summed E-state index contributed by atoms with van der Waals surface area (Å²) < 4.78 is 0. The summed E-state index contributed by atoms with van der Waals surface area (Å²) in [6.45, 7) is 0. The molecule has 5 N–H and O–H groups in total. The molecule has 192 valence electrons. The van der Waals surface area contributed by atoms with E-state index < -0.39 is 58.3 Å². The van der Waals surface area contributed by atoms with Crippen LogP contribution in [-0.4, -0.2) is 64.1 Å². The Kier molecular flexibility index (Phi) is 5.49. The minimum atomic E-state index is -2.68. The molecule has 2 aromatic rings. The molecule has 2 saturated carbocycles. The molecule has 0 saturated heterocycles. The van der Waals surface area contributed by atoms with Gasteiger partial charge in [0.1, 0.15) is 11.5 Å². The highest BCUT2D eigenvalue weighted by molar-refractivity contribution is 6.31. The quantitative estimate of drug-likeness (QED) is 0.438. The van der Waals surface area contributed by atoms with Crippen LogP contribution >= 0.6 is 0 Å². The SMILES string of the molecule is CN(C)c1cc(-c2ccc(O)cc2)c(O)c2c1C[C@H]1C[C@H]3CC(=O)C(C(N)=O)C(=O)[C@@]3(O)C(=O)C1C2=O. The van der Waals surface area contributed by atoms with Crippen molar-refractivity contribution >= 4 is 34.7 Å². The van der Waals surface area contributed by atoms with Gasteiger partial charge in [0.25, 0.3) is 0 Å². The molecule has 2 aromatic carbocycles. The van der Waals surface area contributed by atoms with Gasteiger partial charge in [0.05, 0.1) is 11.5 Å². The molecule has 0 spiro atoms. The molecular weight excluding hydrogens is 480 g/mol. The van der Waals surface area contributed by atoms with Crippen LogP contribution in [0, 0.1) is 23.7 Å². The monoisotopic (exact) mass is 506 g/mol. The van der Waals surface area contributed by atoms with Crippen LogP contribution in [0.5, 0.6) is 11.5 Å². The fraction of sp³-hybridized carbons (Fsp3) is 0.370. The van der Waals surface area contributed by atoms with E-state index in [1.165, 1.54) is 12.1 Å². The molecule has 10 heteroatoms. The second-order valence-electron chi connectivity index (χ2n) is 10.3. The summed E-state index contributed by atoms with van der Waals surface area (Å²) in [6.07, 6.45) is -0.144. The summed E-state index contributed by atoms with van der Waals surface area (Å²) in [7, 11) is 3.55. The topological polar surface area (TPSA) is 175 Å². The molecule has 0 heterocycles. The molecule has 5 rings (SSSR count). The third kappa shape index (κ3) is 3.39. The summed E-state index contributed by atoms with van der Waals surface area (Å²) in [5.41, 5.74) is 4.46. The summed E-state index contributed by atoms with van der Waals surface area (Å²) in [6, 6.07) is 7.75. The van der Waals surface area contributed by atoms with E-state index in [2.05, 4.69) is 0 Å². The number of benzene rings is 2. The zero-order valence-electron chi connectivity index (χ0n) is 20.2. The van der Waals surface area contributed by atoms with Crippen molar-refractivity contribution in [2.75, 3.05) is 19.0 Å². The van der Waals surface area contributed by atoms with Crippen molar-refractivity contribution < 1.29 is 39.3 Å². The van der Waals surface area contributed by atoms with Crippen LogP contribution in [0.4, 0.5) is 5.69 Å². The van der Waals surface area contributed by atoms with Gasteiger partial charge in [0, 0.05) is 37.7 Å². The molecule has 3 aliphatic rings. The molecule has 37 heavy (non-hydrogen) atoms. The third-order valence-corrected chi connectivity index (χ3v) is 8.04. The largest absolute Gasteiger partial charge is 0.508 e. The van der Waals surface area contributed by atoms with Crippen LogP contribution < -0.4 is 10.6 Å². The molecule has 1 amide bonds. The van der Waals surface area contributed by atoms with E-state index in [1.807, 2.05) is 0 Å². The van der Waals surface area contributed by atoms with Gasteiger partial charge in [-0.15, -0.1) is 0 Å². The Morgan fingerprint density at radius 2 is 1.68 bits per heavy atom. The second-order valence-corrected chi connectivity index (χ2v) is 10.3. The lowest BCUT2D eigenvalue weighted by Gasteiger charge is -2.48. The number of carbonyl (C=O) groups excluding carboxylic acids is 5. The summed E-state index contributed by atoms with van der Waals surface area (Å²) in [5, 5.41) is 32.2. The fourth-order valence-corrected chi connectivity index (χ4v) is 6.27. The molecule has 10 nitrogen and oxygen atoms in total. The lowest BCUT2D eigenvalue weighted by atomic mass is 9.53. The zero-order chi connectivity index (χ0) is 27.0. The summed E-state index contributed by atoms with van der Waals surface area (Å²) in [5.74, 6) is -10.4. The third-order valence-electron chi connectivity index (χ3n) is 8.04. The molecule has 0 bridgehead atoms. The first-order chi connectivity index (χ1) is 17.4. The summed E-state index contributed by atoms with van der Waals surface area (Å²) in [4.78, 5) is 66.7. The van der Waals surface area contributed by atoms with E-state index >= 15 is 0 Å². The number of Topliss-reactive ketones (excluding diaryl/α,β-unsaturated/α-hetero) is 4. The average Bonchev–Trinajstić information content (AvgIpc) is 2.82. The van der Waals surface area contributed by atoms with Crippen LogP contribution in [0.15, 0.2) is 30.3 Å². The van der Waals surface area contributed by atoms with Gasteiger partial charge < -0.3 is 26.0 Å². The number of primary amides is 1. The molecule has 2 unspecified atom stereocenters. The normalized spacial score (nSPS) is 28.8. The molecule has 2 fully saturated rings. The highest BCUT2D eigenvalue weighted by Gasteiger charge is 2.66. The number of nitrogens with two attached hydrogens (primary N) is 1. The maximum atomic E-state index is 13.9. The van der Waals surface area contributed by atoms with Gasteiger partial charge >= 0.3 is 0 Å². The van der Waals surface area contributed by atoms with Crippen molar-refractivity contribution in [3.8, 4) is 22.6 Å². The molecule has 0 radical (unpaired) electrons. The molecular formula is C27H26N2O8. The van der Waals surface area contributed by atoms with Crippen LogP contribution in [0.2, 0.25) is 0 Å². The number of phenols is 2. The fourth-order valence-electron chi connectivity index (χ4n) is 6.27. The van der Waals surface area contributed by atoms with Gasteiger partial charge in [0.15, 0.2) is 34.7 Å². The lowest BCUT2D eigenvalue weighted by Crippen LogP contribution is -2.68. The Morgan fingerprint density at radius 1 is 1.03 bits per heavy atom. The number of aromatic hydroxyl groups is 2. The number of carbonyl (C=O) groups is 5. The first kappa shape index (κ1) is 24.6. The number of fused-ring (bicyclic) bond motifs is 3. The van der Waals surface area contributed by atoms with E-state index in [0.29, 0.717) is 22.4 Å². The number of nitrogens with zero attached hydrogens (tertiary/aromatic N) is 1. The van der Waals surface area contributed by atoms with Crippen LogP contribution in [0.1, 0.15) is 28.8 Å². The number of hydrogen-bond donors (Lipinski definition) is 4. The van der Waals surface area contributed by atoms with E-state index in [-0.39, 0.29) is 36.3 Å². The Hall–Kier alpha value is -4.05. The van der Waals surface area contributed by atoms with E-state index in [0.717, 1.165) is 0 Å². The number of hydrogen-bond acceptors (Lipinski definition) is 9. The minimum absolute atomic E-state index is 0.0217. The first-order valence-electron chi connectivity index (χ1n) is 11.9. The Morgan fingerprint density at radius 3 is 2.27 bits per heavy atom. The van der Waals surface area contributed by atoms with E-state index in [4.69, 9.17) is 5.73 Å². The Bertz CT molecular complexity index is 1400. The minimum Gasteiger partial charge on any atom is -0.508 e. The number of phenolic OH excluding ortho intramolecular Hbond substituents is 2. The number of amides is 1. The number of aliphatic hydroxyl groups is 1. The molecule has 5 atom stereocenters. The van der Waals surface area contributed by atoms with Gasteiger partial charge in [-0.25, -0.2) is 0 Å².